The average molecular weight is 1260 g/mol. The number of aliphatic carboxylic acids is 5. The van der Waals surface area contributed by atoms with Crippen molar-refractivity contribution >= 4 is 100 Å². The number of anilines is 1. The summed E-state index contributed by atoms with van der Waals surface area (Å²) >= 11 is 6.57. The van der Waals surface area contributed by atoms with Crippen LogP contribution >= 0.6 is 24.0 Å². The van der Waals surface area contributed by atoms with Gasteiger partial charge in [0.05, 0.1) is 82.0 Å². The number of carbonyl (C=O) groups is 10. The number of carboxylic acids is 5. The highest BCUT2D eigenvalue weighted by Gasteiger charge is 2.43. The Morgan fingerprint density at radius 3 is 1.93 bits per heavy atom. The summed E-state index contributed by atoms with van der Waals surface area (Å²) in [5.41, 5.74) is 1.27. The minimum atomic E-state index is -1.31. The Hall–Kier alpha value is -7.15. The van der Waals surface area contributed by atoms with E-state index in [1.807, 2.05) is 0 Å². The highest BCUT2D eigenvalue weighted by molar-refractivity contribution is 8.00. The lowest BCUT2D eigenvalue weighted by Gasteiger charge is -2.45. The van der Waals surface area contributed by atoms with E-state index in [9.17, 15) is 73.5 Å². The number of nitrogens with zero attached hydrogens (tertiary/aromatic N) is 4. The van der Waals surface area contributed by atoms with Crippen LogP contribution in [0, 0.1) is 7.05 Å². The molecule has 30 heteroatoms. The normalized spacial score (nSPS) is 18.6. The molecule has 476 valence electrons. The number of thioether (sulfide) groups is 1. The number of urea groups is 1. The van der Waals surface area contributed by atoms with Gasteiger partial charge in [0.1, 0.15) is 6.04 Å². The van der Waals surface area contributed by atoms with Crippen molar-refractivity contribution in [3.05, 3.63) is 66.2 Å². The van der Waals surface area contributed by atoms with E-state index in [0.717, 1.165) is 23.5 Å². The molecule has 11 N–H and O–H groups in total. The predicted octanol–water partition coefficient (Wildman–Crippen LogP) is 2.17. The maximum atomic E-state index is 13.6. The highest BCUT2D eigenvalue weighted by atomic mass is 32.2. The molecular weight excluding hydrogens is 1180 g/mol. The smallest absolute Gasteiger partial charge is 0.317 e. The molecule has 7 unspecified atom stereocenters. The number of nitrogens with one attached hydrogen (secondary N) is 6. The molecule has 6 amide bonds. The maximum Gasteiger partial charge on any atom is 0.317 e. The Labute approximate surface area is 513 Å². The largest absolute Gasteiger partial charge is 0.481 e. The third-order valence-corrected chi connectivity index (χ3v) is 16.2. The number of unbranched alkanes of at least 4 members (excludes halogenated alkanes) is 1. The summed E-state index contributed by atoms with van der Waals surface area (Å²) in [6, 6.07) is 7.49. The summed E-state index contributed by atoms with van der Waals surface area (Å²) in [4.78, 5) is 131. The fourth-order valence-electron chi connectivity index (χ4n) is 10.6. The molecule has 7 atom stereocenters. The summed E-state index contributed by atoms with van der Waals surface area (Å²) in [7, 11) is 6.20. The summed E-state index contributed by atoms with van der Waals surface area (Å²) in [5, 5.41) is 67.4. The number of fused-ring (bicyclic) bond motifs is 1. The molecule has 0 bridgehead atoms. The molecule has 2 aromatic carbocycles. The van der Waals surface area contributed by atoms with E-state index < -0.39 is 110 Å². The predicted molar refractivity (Wildman–Crippen MR) is 319 cm³/mol. The van der Waals surface area contributed by atoms with Crippen molar-refractivity contribution in [3.8, 4) is 0 Å². The number of carboxylic acid groups (broad SMARTS) is 5. The molecule has 0 spiro atoms. The Morgan fingerprint density at radius 2 is 1.32 bits per heavy atom. The van der Waals surface area contributed by atoms with Crippen LogP contribution in [-0.2, 0) is 54.2 Å². The Morgan fingerprint density at radius 1 is 0.724 bits per heavy atom. The van der Waals surface area contributed by atoms with E-state index in [1.165, 1.54) is 23.1 Å². The van der Waals surface area contributed by atoms with Crippen LogP contribution in [0.15, 0.2) is 47.5 Å². The molecule has 2 radical (unpaired) electrons. The fourth-order valence-corrected chi connectivity index (χ4v) is 12.2. The lowest BCUT2D eigenvalue weighted by molar-refractivity contribution is -0.145. The molecule has 3 aliphatic rings. The Balaban J connectivity index is 0.995. The molecular formula is C57H78N10O18S2. The van der Waals surface area contributed by atoms with Crippen LogP contribution < -0.4 is 31.9 Å². The SMILES string of the molecule is [CH]N(CC(=O)O)C1CCCCC1N(CC(=O)O)CC(Cc1ccc(NC(=O)c2cc(N=C=S)cc(C(=O)NCCCOCCOCCOCCCNC(=O)C(CC(=O)O)NC(=O)CCCCC3SCC4NC(=O)NC43)c2)cc1)N(CC(=O)O)CC(=O)O. The van der Waals surface area contributed by atoms with Gasteiger partial charge in [0.2, 0.25) is 11.8 Å². The zero-order chi connectivity index (χ0) is 63.3. The number of aliphatic imine (C=N–C) groups is 1. The molecule has 2 heterocycles. The van der Waals surface area contributed by atoms with Gasteiger partial charge >= 0.3 is 35.9 Å². The molecule has 5 rings (SSSR count). The van der Waals surface area contributed by atoms with Gasteiger partial charge in [-0.2, -0.15) is 16.8 Å². The standard InChI is InChI=1S/C57H78N10O18S2/c1-65(30-49(71)72)44-8-2-3-9-45(44)67(33-52(77)78)29-41(66(31-50(73)74)32-51(75)76)24-36-12-14-39(15-13-36)61-55(80)38-25-37(26-40(27-38)60-35-86)54(79)58-16-6-18-83-20-22-85-23-21-84-19-7-17-59-56(81)42(28-48(69)70)62-47(68)11-5-4-10-46-53-43(34-87-46)63-57(82)64-53/h1,12-15,25-27,41-46,53H,2-11,16-24,28-34H2,(H,58,79)(H,59,81)(H,61,80)(H,62,68)(H,69,70)(H,71,72)(H,73,74)(H,75,76)(H,77,78)(H2,63,64,82). The average Bonchev–Trinajstić information content (AvgIpc) is 3.63. The number of carbonyl (C=O) groups excluding carboxylic acids is 5. The maximum absolute atomic E-state index is 13.6. The van der Waals surface area contributed by atoms with Gasteiger partial charge in [-0.1, -0.05) is 31.4 Å². The number of hydrogen-bond donors (Lipinski definition) is 11. The van der Waals surface area contributed by atoms with Gasteiger partial charge in [0.25, 0.3) is 11.8 Å². The zero-order valence-corrected chi connectivity index (χ0v) is 49.8. The summed E-state index contributed by atoms with van der Waals surface area (Å²) in [6.07, 6.45) is 4.97. The third-order valence-electron chi connectivity index (χ3n) is 14.6. The number of ether oxygens (including phenoxy) is 3. The third kappa shape index (κ3) is 25.6. The van der Waals surface area contributed by atoms with Gasteiger partial charge in [0.15, 0.2) is 0 Å². The van der Waals surface area contributed by atoms with Crippen LogP contribution in [0.2, 0.25) is 0 Å². The van der Waals surface area contributed by atoms with Gasteiger partial charge in [0, 0.05) is 92.3 Å². The summed E-state index contributed by atoms with van der Waals surface area (Å²) in [5.74, 6) is -7.51. The number of thiocarbonyl (C=S) groups is 1. The lowest BCUT2D eigenvalue weighted by atomic mass is 9.87. The van der Waals surface area contributed by atoms with E-state index in [2.05, 4.69) is 42.1 Å². The molecule has 2 saturated heterocycles. The van der Waals surface area contributed by atoms with Crippen molar-refractivity contribution in [1.29, 1.82) is 0 Å². The minimum absolute atomic E-state index is 0.0484. The molecule has 1 aliphatic carbocycles. The first-order valence-electron chi connectivity index (χ1n) is 28.7. The fraction of sp³-hybridized carbons (Fsp3) is 0.579. The minimum Gasteiger partial charge on any atom is -0.481 e. The van der Waals surface area contributed by atoms with Crippen LogP contribution in [0.1, 0.15) is 96.9 Å². The van der Waals surface area contributed by atoms with E-state index in [1.54, 1.807) is 40.9 Å². The second-order valence-corrected chi connectivity index (χ2v) is 22.6. The van der Waals surface area contributed by atoms with Crippen molar-refractivity contribution in [2.75, 3.05) is 96.5 Å². The summed E-state index contributed by atoms with van der Waals surface area (Å²) < 4.78 is 16.7. The van der Waals surface area contributed by atoms with E-state index in [0.29, 0.717) is 69.4 Å². The number of amides is 6. The zero-order valence-electron chi connectivity index (χ0n) is 48.2. The molecule has 2 aliphatic heterocycles. The van der Waals surface area contributed by atoms with Crippen LogP contribution in [-0.4, -0.2) is 238 Å². The first-order chi connectivity index (χ1) is 41.7. The van der Waals surface area contributed by atoms with Crippen molar-refractivity contribution in [2.24, 2.45) is 4.99 Å². The van der Waals surface area contributed by atoms with Gasteiger partial charge in [-0.3, -0.25) is 57.9 Å². The monoisotopic (exact) mass is 1250 g/mol. The molecule has 87 heavy (non-hydrogen) atoms. The lowest BCUT2D eigenvalue weighted by Crippen LogP contribution is -2.58. The number of benzene rings is 2. The molecule has 0 aromatic heterocycles. The number of rotatable bonds is 42. The van der Waals surface area contributed by atoms with Gasteiger partial charge in [-0.25, -0.2) is 4.79 Å². The first kappa shape index (κ1) is 70.6. The highest BCUT2D eigenvalue weighted by Crippen LogP contribution is 2.33. The molecule has 2 aromatic rings. The van der Waals surface area contributed by atoms with E-state index in [4.69, 9.17) is 33.5 Å². The van der Waals surface area contributed by atoms with Crippen LogP contribution in [0.5, 0.6) is 0 Å². The number of isothiocyanates is 1. The summed E-state index contributed by atoms with van der Waals surface area (Å²) in [6.45, 7) is -0.386. The second-order valence-electron chi connectivity index (χ2n) is 21.2. The topological polar surface area (TPSA) is 394 Å². The van der Waals surface area contributed by atoms with Gasteiger partial charge in [-0.05, 0) is 93.1 Å². The second kappa shape index (κ2) is 37.5. The molecule has 28 nitrogen and oxygen atoms in total. The number of hydrogen-bond acceptors (Lipinski definition) is 19. The Kier molecular flexibility index (Phi) is 30.5. The molecule has 1 saturated carbocycles. The van der Waals surface area contributed by atoms with Gasteiger partial charge < -0.3 is 71.6 Å². The first-order valence-corrected chi connectivity index (χ1v) is 30.1. The van der Waals surface area contributed by atoms with Crippen LogP contribution in [0.4, 0.5) is 16.2 Å². The van der Waals surface area contributed by atoms with E-state index >= 15 is 0 Å². The van der Waals surface area contributed by atoms with Crippen LogP contribution in [0.3, 0.4) is 0 Å². The quantitative estimate of drug-likeness (QED) is 0.0149. The van der Waals surface area contributed by atoms with Crippen molar-refractivity contribution in [2.45, 2.75) is 119 Å². The van der Waals surface area contributed by atoms with E-state index in [-0.39, 0.29) is 99.1 Å². The van der Waals surface area contributed by atoms with Crippen LogP contribution in [0.25, 0.3) is 0 Å². The van der Waals surface area contributed by atoms with Crippen molar-refractivity contribution in [1.82, 2.24) is 41.3 Å². The van der Waals surface area contributed by atoms with Crippen molar-refractivity contribution in [3.63, 3.8) is 0 Å². The van der Waals surface area contributed by atoms with Crippen molar-refractivity contribution < 1.29 is 87.7 Å². The Bertz CT molecular complexity index is 2710. The van der Waals surface area contributed by atoms with Gasteiger partial charge in [-0.15, -0.1) is 0 Å². The molecule has 3 fully saturated rings.